The van der Waals surface area contributed by atoms with Crippen molar-refractivity contribution in [1.82, 2.24) is 10.2 Å². The number of nitrogens with zero attached hydrogens (tertiary/aromatic N) is 1. The largest absolute Gasteiger partial charge is 0.550 e. The van der Waals surface area contributed by atoms with Gasteiger partial charge in [-0.15, -0.1) is 0 Å². The van der Waals surface area contributed by atoms with Gasteiger partial charge in [0.25, 0.3) is 5.24 Å². The van der Waals surface area contributed by atoms with Gasteiger partial charge in [0.15, 0.2) is 0 Å². The van der Waals surface area contributed by atoms with Gasteiger partial charge in [-0.2, -0.15) is 0 Å². The minimum absolute atomic E-state index is 0.118. The summed E-state index contributed by atoms with van der Waals surface area (Å²) < 4.78 is 0. The molecule has 0 aliphatic carbocycles. The van der Waals surface area contributed by atoms with Gasteiger partial charge in [-0.25, -0.2) is 0 Å². The number of imide groups is 1. The third kappa shape index (κ3) is 9.04. The third-order valence-electron chi connectivity index (χ3n) is 6.68. The smallest absolute Gasteiger partial charge is 0.286 e. The molecular weight excluding hydrogens is 488 g/mol. The van der Waals surface area contributed by atoms with Crippen LogP contribution in [-0.2, 0) is 27.3 Å². The fourth-order valence-electron chi connectivity index (χ4n) is 4.35. The highest BCUT2D eigenvalue weighted by Gasteiger charge is 2.31. The SMILES string of the molecule is CC(CCCCCCCC(=O)N(C)Cc1cccc(-c2ccc(CC3SC(=O)NC3=O)cc2)c1)C(=O)[O-]. The van der Waals surface area contributed by atoms with Crippen LogP contribution in [0.15, 0.2) is 48.5 Å². The molecule has 1 fully saturated rings. The van der Waals surface area contributed by atoms with Crippen molar-refractivity contribution >= 4 is 34.8 Å². The van der Waals surface area contributed by atoms with Gasteiger partial charge in [-0.05, 0) is 53.5 Å². The van der Waals surface area contributed by atoms with E-state index < -0.39 is 11.9 Å². The molecule has 1 N–H and O–H groups in total. The highest BCUT2D eigenvalue weighted by molar-refractivity contribution is 8.15. The van der Waals surface area contributed by atoms with Gasteiger partial charge < -0.3 is 14.8 Å². The second-order valence-corrected chi connectivity index (χ2v) is 10.9. The highest BCUT2D eigenvalue weighted by Crippen LogP contribution is 2.26. The van der Waals surface area contributed by atoms with Crippen LogP contribution in [0.4, 0.5) is 4.79 Å². The maximum Gasteiger partial charge on any atom is 0.286 e. The standard InChI is InChI=1S/C29H36N2O5S/c1-20(28(34)35)9-6-4-3-5-7-12-26(32)31(2)19-22-10-8-11-24(17-22)23-15-13-21(14-16-23)18-25-27(33)30-29(36)37-25/h8,10-11,13-17,20,25H,3-7,9,12,18-19H2,1-2H3,(H,34,35)(H,30,33,36)/p-1. The van der Waals surface area contributed by atoms with E-state index in [9.17, 15) is 24.3 Å². The van der Waals surface area contributed by atoms with Crippen molar-refractivity contribution in [2.75, 3.05) is 7.05 Å². The molecule has 2 atom stereocenters. The molecule has 0 bridgehead atoms. The maximum atomic E-state index is 12.6. The second-order valence-electron chi connectivity index (χ2n) is 9.76. The lowest BCUT2D eigenvalue weighted by molar-refractivity contribution is -0.311. The minimum atomic E-state index is -0.984. The molecule has 198 valence electrons. The number of nitrogens with one attached hydrogen (secondary N) is 1. The number of benzene rings is 2. The monoisotopic (exact) mass is 523 g/mol. The summed E-state index contributed by atoms with van der Waals surface area (Å²) in [5.41, 5.74) is 4.16. The summed E-state index contributed by atoms with van der Waals surface area (Å²) in [5.74, 6) is -1.49. The zero-order chi connectivity index (χ0) is 26.8. The summed E-state index contributed by atoms with van der Waals surface area (Å²) in [6.45, 7) is 2.22. The first-order valence-corrected chi connectivity index (χ1v) is 13.8. The molecule has 1 saturated heterocycles. The molecule has 1 aliphatic heterocycles. The maximum absolute atomic E-state index is 12.6. The number of aliphatic carboxylic acids is 1. The Balaban J connectivity index is 1.42. The van der Waals surface area contributed by atoms with Crippen molar-refractivity contribution in [2.24, 2.45) is 5.92 Å². The number of hydrogen-bond donors (Lipinski definition) is 1. The summed E-state index contributed by atoms with van der Waals surface area (Å²) in [6.07, 6.45) is 6.32. The fourth-order valence-corrected chi connectivity index (χ4v) is 5.21. The zero-order valence-corrected chi connectivity index (χ0v) is 22.4. The van der Waals surface area contributed by atoms with Gasteiger partial charge in [0.1, 0.15) is 0 Å². The molecule has 1 aliphatic rings. The van der Waals surface area contributed by atoms with Crippen molar-refractivity contribution in [3.8, 4) is 11.1 Å². The summed E-state index contributed by atoms with van der Waals surface area (Å²) in [7, 11) is 1.83. The van der Waals surface area contributed by atoms with Crippen LogP contribution in [0.3, 0.4) is 0 Å². The number of carboxylic acid groups (broad SMARTS) is 1. The van der Waals surface area contributed by atoms with Crippen LogP contribution in [0.25, 0.3) is 11.1 Å². The number of carbonyl (C=O) groups is 4. The van der Waals surface area contributed by atoms with Crippen LogP contribution in [-0.4, -0.2) is 40.2 Å². The predicted octanol–water partition coefficient (Wildman–Crippen LogP) is 4.32. The normalized spacial score (nSPS) is 15.9. The summed E-state index contributed by atoms with van der Waals surface area (Å²) in [6, 6.07) is 16.1. The van der Waals surface area contributed by atoms with Crippen LogP contribution in [0.1, 0.15) is 63.0 Å². The molecule has 3 rings (SSSR count). The van der Waals surface area contributed by atoms with Gasteiger partial charge in [0.2, 0.25) is 11.8 Å². The molecule has 0 radical (unpaired) electrons. The quantitative estimate of drug-likeness (QED) is 0.370. The van der Waals surface area contributed by atoms with Crippen molar-refractivity contribution < 1.29 is 24.3 Å². The van der Waals surface area contributed by atoms with Crippen molar-refractivity contribution in [1.29, 1.82) is 0 Å². The Kier molecular flexibility index (Phi) is 10.7. The molecule has 0 spiro atoms. The predicted molar refractivity (Wildman–Crippen MR) is 143 cm³/mol. The van der Waals surface area contributed by atoms with Crippen molar-refractivity contribution in [3.63, 3.8) is 0 Å². The molecule has 3 amide bonds. The second kappa shape index (κ2) is 14.0. The number of rotatable bonds is 14. The average molecular weight is 524 g/mol. The van der Waals surface area contributed by atoms with Crippen molar-refractivity contribution in [3.05, 3.63) is 59.7 Å². The van der Waals surface area contributed by atoms with Crippen molar-refractivity contribution in [2.45, 2.75) is 70.1 Å². The van der Waals surface area contributed by atoms with E-state index in [0.717, 1.165) is 66.1 Å². The number of amides is 3. The molecule has 37 heavy (non-hydrogen) atoms. The summed E-state index contributed by atoms with van der Waals surface area (Å²) in [4.78, 5) is 48.2. The van der Waals surface area contributed by atoms with Crippen LogP contribution < -0.4 is 10.4 Å². The Hall–Kier alpha value is -3.13. The number of thioether (sulfide) groups is 1. The topological polar surface area (TPSA) is 107 Å². The van der Waals surface area contributed by atoms with E-state index in [1.165, 1.54) is 0 Å². The number of unbranched alkanes of at least 4 members (excludes halogenated alkanes) is 4. The Bertz CT molecular complexity index is 1100. The van der Waals surface area contributed by atoms with Crippen LogP contribution >= 0.6 is 11.8 Å². The first kappa shape index (κ1) is 28.4. The number of carbonyl (C=O) groups excluding carboxylic acids is 4. The van der Waals surface area contributed by atoms with E-state index in [0.29, 0.717) is 25.8 Å². The lowest BCUT2D eigenvalue weighted by atomic mass is 10.00. The fraction of sp³-hybridized carbons (Fsp3) is 0.448. The van der Waals surface area contributed by atoms with E-state index >= 15 is 0 Å². The van der Waals surface area contributed by atoms with Gasteiger partial charge in [-0.1, -0.05) is 86.8 Å². The van der Waals surface area contributed by atoms with Crippen LogP contribution in [0, 0.1) is 5.92 Å². The van der Waals surface area contributed by atoms with E-state index in [4.69, 9.17) is 0 Å². The van der Waals surface area contributed by atoms with Gasteiger partial charge >= 0.3 is 0 Å². The Labute approximate surface area is 223 Å². The molecule has 0 saturated carbocycles. The highest BCUT2D eigenvalue weighted by atomic mass is 32.2. The zero-order valence-electron chi connectivity index (χ0n) is 21.5. The molecule has 2 unspecified atom stereocenters. The van der Waals surface area contributed by atoms with E-state index in [2.05, 4.69) is 11.4 Å². The molecule has 2 aromatic rings. The first-order valence-electron chi connectivity index (χ1n) is 12.9. The third-order valence-corrected chi connectivity index (χ3v) is 7.66. The van der Waals surface area contributed by atoms with Crippen LogP contribution in [0.5, 0.6) is 0 Å². The van der Waals surface area contributed by atoms with E-state index in [1.807, 2.05) is 49.5 Å². The Morgan fingerprint density at radius 1 is 0.973 bits per heavy atom. The number of hydrogen-bond acceptors (Lipinski definition) is 6. The number of carboxylic acids is 1. The lowest BCUT2D eigenvalue weighted by Gasteiger charge is -2.18. The molecule has 8 heteroatoms. The van der Waals surface area contributed by atoms with Gasteiger partial charge in [0.05, 0.1) is 5.25 Å². The first-order chi connectivity index (χ1) is 17.7. The van der Waals surface area contributed by atoms with E-state index in [1.54, 1.807) is 11.8 Å². The summed E-state index contributed by atoms with van der Waals surface area (Å²) in [5, 5.41) is 12.4. The molecule has 7 nitrogen and oxygen atoms in total. The molecule has 2 aromatic carbocycles. The van der Waals surface area contributed by atoms with Gasteiger partial charge in [-0.3, -0.25) is 19.7 Å². The van der Waals surface area contributed by atoms with E-state index in [-0.39, 0.29) is 22.3 Å². The molecule has 1 heterocycles. The molecular formula is C29H35N2O5S-. The molecule has 0 aromatic heterocycles. The Morgan fingerprint density at radius 2 is 1.68 bits per heavy atom. The minimum Gasteiger partial charge on any atom is -0.550 e. The average Bonchev–Trinajstić information content (AvgIpc) is 3.19. The Morgan fingerprint density at radius 3 is 2.35 bits per heavy atom. The van der Waals surface area contributed by atoms with Crippen LogP contribution in [0.2, 0.25) is 0 Å². The lowest BCUT2D eigenvalue weighted by Crippen LogP contribution is -2.29. The van der Waals surface area contributed by atoms with Gasteiger partial charge in [0, 0.05) is 26.0 Å². The summed E-state index contributed by atoms with van der Waals surface area (Å²) >= 11 is 1.04.